The molecule has 0 amide bonds. The molecule has 602 valence electrons. The quantitative estimate of drug-likeness (QED) is 0.141. The van der Waals surface area contributed by atoms with E-state index in [-0.39, 0.29) is 55.4 Å². The summed E-state index contributed by atoms with van der Waals surface area (Å²) in [6.07, 6.45) is 0. The summed E-state index contributed by atoms with van der Waals surface area (Å²) in [4.78, 5) is 5.53. The van der Waals surface area contributed by atoms with Crippen molar-refractivity contribution in [1.82, 2.24) is 9.13 Å². The molecule has 13 aromatic carbocycles. The van der Waals surface area contributed by atoms with Gasteiger partial charge in [-0.15, -0.1) is 0 Å². The third-order valence-electron chi connectivity index (χ3n) is 26.1. The summed E-state index contributed by atoms with van der Waals surface area (Å²) < 4.78 is 5.12. The van der Waals surface area contributed by atoms with Crippen molar-refractivity contribution in [2.75, 3.05) is 9.80 Å². The van der Waals surface area contributed by atoms with Crippen molar-refractivity contribution < 1.29 is 0 Å². The van der Waals surface area contributed by atoms with Crippen LogP contribution in [0.25, 0.3) is 99.5 Å². The largest absolute Gasteiger partial charge is 0.311 e. The molecule has 0 saturated carbocycles. The minimum absolute atomic E-state index is 0.0516. The minimum Gasteiger partial charge on any atom is -0.311 e. The van der Waals surface area contributed by atoms with Crippen molar-refractivity contribution >= 4 is 101 Å². The van der Waals surface area contributed by atoms with E-state index in [0.717, 1.165) is 34.1 Å². The molecule has 0 aliphatic carbocycles. The zero-order valence-electron chi connectivity index (χ0n) is 76.1. The highest BCUT2D eigenvalue weighted by Gasteiger charge is 2.46. The van der Waals surface area contributed by atoms with Gasteiger partial charge >= 0.3 is 0 Å². The highest BCUT2D eigenvalue weighted by Crippen LogP contribution is 2.54. The van der Waals surface area contributed by atoms with Crippen molar-refractivity contribution in [3.8, 4) is 55.9 Å². The van der Waals surface area contributed by atoms with E-state index in [1.165, 1.54) is 166 Å². The van der Waals surface area contributed by atoms with Gasteiger partial charge in [-0.25, -0.2) is 0 Å². The Balaban J connectivity index is 1.06. The van der Waals surface area contributed by atoms with Crippen LogP contribution < -0.4 is 26.2 Å². The first-order chi connectivity index (χ1) is 55.7. The number of hydrogen-bond donors (Lipinski definition) is 0. The maximum absolute atomic E-state index is 2.77. The molecule has 0 bridgehead atoms. The van der Waals surface area contributed by atoms with E-state index in [1.54, 1.807) is 0 Å². The molecular weight excluding hydrogens is 1440 g/mol. The van der Waals surface area contributed by atoms with Crippen LogP contribution in [-0.2, 0) is 48.7 Å². The SMILES string of the molecule is CC(C)(C)c1cccc(-c2ccc(-c3cc(C(C)(C)C)ccc3C(C)(C)C)cc2N2c3cc(-n4c5ccccc5c5cc(C(C)(C)C)ccc54)ccc3B3c4ccc(-n5c6ccccc6c6cc(C(C)(C)C)ccc65)cc4N(c4cc(-c5cc(C(C)(C)C)ccc5C(C)(C)C)ccc4-c4cccc(C(C)(C)C)c4)c4cc(C(C)(C)C)cc2c43)c1. The summed E-state index contributed by atoms with van der Waals surface area (Å²) in [5.41, 5.74) is 37.7. The fourth-order valence-corrected chi connectivity index (χ4v) is 19.0. The fraction of sp³-hybridized carbons (Fsp3) is 0.316. The van der Waals surface area contributed by atoms with E-state index in [1.807, 2.05) is 0 Å². The molecule has 5 heteroatoms. The third kappa shape index (κ3) is 14.2. The normalized spacial score (nSPS) is 13.8. The van der Waals surface area contributed by atoms with Gasteiger partial charge in [-0.1, -0.05) is 357 Å². The molecule has 119 heavy (non-hydrogen) atoms. The van der Waals surface area contributed by atoms with Crippen LogP contribution in [0.3, 0.4) is 0 Å². The van der Waals surface area contributed by atoms with Crippen LogP contribution in [0, 0.1) is 0 Å². The number of aromatic nitrogens is 2. The molecular formula is C114H123BN4. The maximum Gasteiger partial charge on any atom is 0.252 e. The van der Waals surface area contributed by atoms with Crippen molar-refractivity contribution in [2.45, 2.75) is 236 Å². The van der Waals surface area contributed by atoms with E-state index in [4.69, 9.17) is 0 Å². The lowest BCUT2D eigenvalue weighted by Gasteiger charge is -2.46. The van der Waals surface area contributed by atoms with Crippen LogP contribution in [0.5, 0.6) is 0 Å². The fourth-order valence-electron chi connectivity index (χ4n) is 19.0. The van der Waals surface area contributed by atoms with Gasteiger partial charge in [0.2, 0.25) is 0 Å². The smallest absolute Gasteiger partial charge is 0.252 e. The average Bonchev–Trinajstić information content (AvgIpc) is 0.949. The van der Waals surface area contributed by atoms with Crippen LogP contribution in [0.4, 0.5) is 34.1 Å². The highest BCUT2D eigenvalue weighted by atomic mass is 15.2. The Kier molecular flexibility index (Phi) is 18.9. The molecule has 2 aliphatic heterocycles. The first kappa shape index (κ1) is 80.5. The van der Waals surface area contributed by atoms with Gasteiger partial charge in [0.15, 0.2) is 0 Å². The summed E-state index contributed by atoms with van der Waals surface area (Å²) in [7, 11) is 0. The monoisotopic (exact) mass is 1560 g/mol. The van der Waals surface area contributed by atoms with Crippen molar-refractivity contribution in [3.63, 3.8) is 0 Å². The molecule has 0 N–H and O–H groups in total. The zero-order valence-corrected chi connectivity index (χ0v) is 76.1. The van der Waals surface area contributed by atoms with E-state index in [2.05, 4.69) is 461 Å². The molecule has 2 aromatic heterocycles. The average molecular weight is 1560 g/mol. The van der Waals surface area contributed by atoms with Crippen LogP contribution in [0.2, 0.25) is 0 Å². The Bertz CT molecular complexity index is 6220. The van der Waals surface area contributed by atoms with Crippen LogP contribution in [0.15, 0.2) is 255 Å². The molecule has 0 radical (unpaired) electrons. The molecule has 0 fully saturated rings. The molecule has 4 nitrogen and oxygen atoms in total. The van der Waals surface area contributed by atoms with Gasteiger partial charge in [0.1, 0.15) is 0 Å². The summed E-state index contributed by atoms with van der Waals surface area (Å²) >= 11 is 0. The van der Waals surface area contributed by atoms with Gasteiger partial charge in [-0.05, 0) is 234 Å². The second-order valence-corrected chi connectivity index (χ2v) is 44.1. The number of benzene rings is 13. The third-order valence-corrected chi connectivity index (χ3v) is 26.1. The van der Waals surface area contributed by atoms with Crippen molar-refractivity contribution in [1.29, 1.82) is 0 Å². The molecule has 4 heterocycles. The minimum atomic E-state index is -0.353. The molecule has 0 atom stereocenters. The Morgan fingerprint density at radius 3 is 0.891 bits per heavy atom. The van der Waals surface area contributed by atoms with Gasteiger partial charge in [0.05, 0.1) is 33.4 Å². The molecule has 15 aromatic rings. The lowest BCUT2D eigenvalue weighted by molar-refractivity contribution is 0.578. The Labute approximate surface area is 711 Å². The number of hydrogen-bond acceptors (Lipinski definition) is 2. The maximum atomic E-state index is 2.77. The van der Waals surface area contributed by atoms with E-state index in [9.17, 15) is 0 Å². The van der Waals surface area contributed by atoms with Gasteiger partial charge in [0.25, 0.3) is 6.71 Å². The lowest BCUT2D eigenvalue weighted by atomic mass is 9.33. The molecule has 2 aliphatic rings. The first-order valence-corrected chi connectivity index (χ1v) is 43.7. The van der Waals surface area contributed by atoms with Gasteiger partial charge in [-0.2, -0.15) is 0 Å². The molecule has 0 saturated heterocycles. The standard InChI is InChI=1S/C114H123BN4/c1-106(2,3)74-36-32-34-70(58-74)83-50-42-72(87-62-76(108(7,8)9)44-52-91(87)113(22,23)24)60-99(83)118-101-68-81(116-95-40-30-28-38-85(95)89-64-78(110(13,14)15)46-56-97(89)116)48-54-93(101)115-94-55-49-82(117-96-41-31-29-39-86(96)90-65-79(111(16,17)18)47-57-98(90)117)69-102(94)119(104-67-80(112(19,20)21)66-103(118)105(104)115)100-61-73(43-51-84(100)71-35-33-37-75(59-71)107(4,5)6)88-63-77(109(10,11)12)45-53-92(88)114(25,26)27/h28-69H,1-27H3. The van der Waals surface area contributed by atoms with E-state index in [0.29, 0.717) is 0 Å². The summed E-state index contributed by atoms with van der Waals surface area (Å²) in [6.45, 7) is 63.6. The predicted octanol–water partition coefficient (Wildman–Crippen LogP) is 30.3. The number of fused-ring (bicyclic) bond motifs is 10. The number of anilines is 6. The zero-order chi connectivity index (χ0) is 84.9. The number of nitrogens with zero attached hydrogens (tertiary/aromatic N) is 4. The predicted molar refractivity (Wildman–Crippen MR) is 519 cm³/mol. The van der Waals surface area contributed by atoms with Crippen LogP contribution in [0.1, 0.15) is 237 Å². The number of para-hydroxylation sites is 2. The van der Waals surface area contributed by atoms with Crippen LogP contribution >= 0.6 is 0 Å². The van der Waals surface area contributed by atoms with E-state index < -0.39 is 0 Å². The number of rotatable bonds is 8. The first-order valence-electron chi connectivity index (χ1n) is 43.7. The summed E-state index contributed by atoms with van der Waals surface area (Å²) in [6, 6.07) is 102. The second-order valence-electron chi connectivity index (χ2n) is 44.1. The van der Waals surface area contributed by atoms with Gasteiger partial charge in [0, 0.05) is 66.8 Å². The van der Waals surface area contributed by atoms with Gasteiger partial charge in [-0.3, -0.25) is 0 Å². The van der Waals surface area contributed by atoms with Crippen molar-refractivity contribution in [3.05, 3.63) is 305 Å². The van der Waals surface area contributed by atoms with E-state index >= 15 is 0 Å². The molecule has 17 rings (SSSR count). The molecule has 0 spiro atoms. The summed E-state index contributed by atoms with van der Waals surface area (Å²) in [5.74, 6) is 0. The lowest BCUT2D eigenvalue weighted by Crippen LogP contribution is -2.61. The molecule has 0 unspecified atom stereocenters. The van der Waals surface area contributed by atoms with Crippen molar-refractivity contribution in [2.24, 2.45) is 0 Å². The second kappa shape index (κ2) is 27.9. The Morgan fingerprint density at radius 1 is 0.202 bits per heavy atom. The Morgan fingerprint density at radius 2 is 0.529 bits per heavy atom. The highest BCUT2D eigenvalue weighted by molar-refractivity contribution is 7.00. The summed E-state index contributed by atoms with van der Waals surface area (Å²) in [5, 5.41) is 5.00. The van der Waals surface area contributed by atoms with Crippen LogP contribution in [-0.4, -0.2) is 15.8 Å². The van der Waals surface area contributed by atoms with Gasteiger partial charge < -0.3 is 18.9 Å². The Hall–Kier alpha value is -10.9. The topological polar surface area (TPSA) is 16.3 Å².